The van der Waals surface area contributed by atoms with E-state index in [1.165, 1.54) is 17.5 Å². The minimum absolute atomic E-state index is 0.0626. The summed E-state index contributed by atoms with van der Waals surface area (Å²) in [6.07, 6.45) is 5.58. The number of piperazine rings is 1. The molecule has 2 atom stereocenters. The molecule has 2 aliphatic heterocycles. The van der Waals surface area contributed by atoms with Gasteiger partial charge >= 0.3 is 0 Å². The van der Waals surface area contributed by atoms with E-state index in [0.29, 0.717) is 17.5 Å². The largest absolute Gasteiger partial charge is 0.297 e. The molecule has 0 spiro atoms. The number of hydrogen-bond acceptors (Lipinski definition) is 3. The summed E-state index contributed by atoms with van der Waals surface area (Å²) in [5.74, 6) is 0. The molecule has 2 fully saturated rings. The molecule has 5 heteroatoms. The normalized spacial score (nSPS) is 29.5. The lowest BCUT2D eigenvalue weighted by Crippen LogP contribution is -2.56. The van der Waals surface area contributed by atoms with E-state index in [2.05, 4.69) is 4.90 Å². The van der Waals surface area contributed by atoms with E-state index in [9.17, 15) is 8.42 Å². The summed E-state index contributed by atoms with van der Waals surface area (Å²) >= 11 is 0. The highest BCUT2D eigenvalue weighted by molar-refractivity contribution is 7.89. The van der Waals surface area contributed by atoms with Gasteiger partial charge in [-0.2, -0.15) is 4.31 Å². The predicted octanol–water partition coefficient (Wildman–Crippen LogP) is 2.03. The van der Waals surface area contributed by atoms with Gasteiger partial charge in [-0.25, -0.2) is 8.42 Å². The zero-order chi connectivity index (χ0) is 15.3. The van der Waals surface area contributed by atoms with E-state index in [1.54, 1.807) is 4.31 Å². The van der Waals surface area contributed by atoms with Crippen LogP contribution in [-0.4, -0.2) is 49.3 Å². The van der Waals surface area contributed by atoms with Gasteiger partial charge in [0.15, 0.2) is 0 Å². The van der Waals surface area contributed by atoms with Crippen molar-refractivity contribution in [2.75, 3.05) is 19.6 Å². The highest BCUT2D eigenvalue weighted by atomic mass is 32.2. The van der Waals surface area contributed by atoms with Crippen LogP contribution in [0, 0.1) is 0 Å². The fraction of sp³-hybridized carbons (Fsp3) is 0.647. The maximum absolute atomic E-state index is 13.1. The summed E-state index contributed by atoms with van der Waals surface area (Å²) in [6.45, 7) is 4.69. The van der Waals surface area contributed by atoms with Crippen LogP contribution in [0.15, 0.2) is 23.1 Å². The first-order valence-electron chi connectivity index (χ1n) is 8.43. The maximum atomic E-state index is 13.1. The van der Waals surface area contributed by atoms with Crippen molar-refractivity contribution in [3.8, 4) is 0 Å². The summed E-state index contributed by atoms with van der Waals surface area (Å²) in [4.78, 5) is 2.95. The van der Waals surface area contributed by atoms with Crippen LogP contribution in [0.5, 0.6) is 0 Å². The Hall–Kier alpha value is -0.910. The van der Waals surface area contributed by atoms with Gasteiger partial charge in [-0.05, 0) is 68.8 Å². The van der Waals surface area contributed by atoms with Crippen molar-refractivity contribution in [1.82, 2.24) is 9.21 Å². The minimum Gasteiger partial charge on any atom is -0.297 e. The number of hydrogen-bond donors (Lipinski definition) is 0. The molecule has 2 heterocycles. The molecule has 4 rings (SSSR count). The molecule has 0 aromatic heterocycles. The van der Waals surface area contributed by atoms with E-state index in [0.717, 1.165) is 38.8 Å². The summed E-state index contributed by atoms with van der Waals surface area (Å²) in [6, 6.07) is 6.23. The standard InChI is InChI=1S/C17H24N2O2S/c1-13-11-18-9-3-6-16(18)12-19(13)22(20,21)17-8-7-14-4-2-5-15(14)10-17/h7-8,10,13,16H,2-6,9,11-12H2,1H3/t13-,16+/m0/s1. The van der Waals surface area contributed by atoms with Crippen LogP contribution < -0.4 is 0 Å². The lowest BCUT2D eigenvalue weighted by Gasteiger charge is -2.41. The van der Waals surface area contributed by atoms with Crippen LogP contribution in [0.4, 0.5) is 0 Å². The van der Waals surface area contributed by atoms with Gasteiger partial charge in [-0.1, -0.05) is 6.07 Å². The summed E-state index contributed by atoms with van der Waals surface area (Å²) in [5, 5.41) is 0. The van der Waals surface area contributed by atoms with Crippen LogP contribution in [0.25, 0.3) is 0 Å². The average molecular weight is 320 g/mol. The Balaban J connectivity index is 1.65. The third kappa shape index (κ3) is 2.30. The fourth-order valence-corrected chi connectivity index (χ4v) is 6.05. The number of benzene rings is 1. The number of nitrogens with zero attached hydrogens (tertiary/aromatic N) is 2. The second-order valence-corrected chi connectivity index (χ2v) is 8.89. The van der Waals surface area contributed by atoms with Gasteiger partial charge in [-0.15, -0.1) is 0 Å². The first-order valence-corrected chi connectivity index (χ1v) is 9.87. The molecule has 0 unspecified atom stereocenters. The third-order valence-corrected chi connectivity index (χ3v) is 7.53. The van der Waals surface area contributed by atoms with Crippen LogP contribution in [0.3, 0.4) is 0 Å². The number of sulfonamides is 1. The highest BCUT2D eigenvalue weighted by Gasteiger charge is 2.40. The van der Waals surface area contributed by atoms with Crippen molar-refractivity contribution in [3.05, 3.63) is 29.3 Å². The van der Waals surface area contributed by atoms with Crippen molar-refractivity contribution >= 4 is 10.0 Å². The molecule has 1 aliphatic carbocycles. The molecule has 1 aromatic rings. The molecule has 0 radical (unpaired) electrons. The van der Waals surface area contributed by atoms with Crippen LogP contribution in [-0.2, 0) is 22.9 Å². The van der Waals surface area contributed by atoms with E-state index in [4.69, 9.17) is 0 Å². The Morgan fingerprint density at radius 3 is 2.77 bits per heavy atom. The molecule has 22 heavy (non-hydrogen) atoms. The lowest BCUT2D eigenvalue weighted by atomic mass is 10.1. The van der Waals surface area contributed by atoms with E-state index in [1.807, 2.05) is 25.1 Å². The SMILES string of the molecule is C[C@H]1CN2CCC[C@@H]2CN1S(=O)(=O)c1ccc2c(c1)CCC2. The molecular formula is C17H24N2O2S. The van der Waals surface area contributed by atoms with Crippen LogP contribution in [0.2, 0.25) is 0 Å². The molecule has 0 N–H and O–H groups in total. The van der Waals surface area contributed by atoms with Gasteiger partial charge in [0.05, 0.1) is 4.90 Å². The average Bonchev–Trinajstić information content (AvgIpc) is 3.13. The van der Waals surface area contributed by atoms with E-state index < -0.39 is 10.0 Å². The van der Waals surface area contributed by atoms with Gasteiger partial charge < -0.3 is 0 Å². The monoisotopic (exact) mass is 320 g/mol. The topological polar surface area (TPSA) is 40.6 Å². The highest BCUT2D eigenvalue weighted by Crippen LogP contribution is 2.31. The zero-order valence-corrected chi connectivity index (χ0v) is 14.0. The van der Waals surface area contributed by atoms with Crippen LogP contribution >= 0.6 is 0 Å². The van der Waals surface area contributed by atoms with Crippen molar-refractivity contribution in [1.29, 1.82) is 0 Å². The Bertz CT molecular complexity index is 686. The smallest absolute Gasteiger partial charge is 0.243 e. The summed E-state index contributed by atoms with van der Waals surface area (Å²) in [5.41, 5.74) is 2.56. The number of rotatable bonds is 2. The fourth-order valence-electron chi connectivity index (χ4n) is 4.34. The summed E-state index contributed by atoms with van der Waals surface area (Å²) in [7, 11) is -3.36. The molecule has 1 aromatic carbocycles. The predicted molar refractivity (Wildman–Crippen MR) is 86.4 cm³/mol. The molecule has 0 bridgehead atoms. The van der Waals surface area contributed by atoms with Gasteiger partial charge in [0.2, 0.25) is 10.0 Å². The molecular weight excluding hydrogens is 296 g/mol. The van der Waals surface area contributed by atoms with Gasteiger partial charge in [-0.3, -0.25) is 4.90 Å². The van der Waals surface area contributed by atoms with Crippen molar-refractivity contribution in [2.24, 2.45) is 0 Å². The van der Waals surface area contributed by atoms with Gasteiger partial charge in [0.1, 0.15) is 0 Å². The van der Waals surface area contributed by atoms with Gasteiger partial charge in [0, 0.05) is 25.2 Å². The van der Waals surface area contributed by atoms with Crippen LogP contribution in [0.1, 0.15) is 37.3 Å². The molecule has 0 amide bonds. The molecule has 2 saturated heterocycles. The Morgan fingerprint density at radius 1 is 1.09 bits per heavy atom. The quantitative estimate of drug-likeness (QED) is 0.837. The molecule has 120 valence electrons. The molecule has 0 saturated carbocycles. The second-order valence-electron chi connectivity index (χ2n) is 7.00. The van der Waals surface area contributed by atoms with Gasteiger partial charge in [0.25, 0.3) is 0 Å². The van der Waals surface area contributed by atoms with E-state index >= 15 is 0 Å². The molecule has 4 nitrogen and oxygen atoms in total. The first-order chi connectivity index (χ1) is 10.6. The Labute approximate surface area is 133 Å². The van der Waals surface area contributed by atoms with Crippen molar-refractivity contribution < 1.29 is 8.42 Å². The van der Waals surface area contributed by atoms with E-state index in [-0.39, 0.29) is 6.04 Å². The Kier molecular flexibility index (Phi) is 3.55. The number of fused-ring (bicyclic) bond motifs is 2. The van der Waals surface area contributed by atoms with Crippen molar-refractivity contribution in [2.45, 2.75) is 56.0 Å². The lowest BCUT2D eigenvalue weighted by molar-refractivity contribution is 0.117. The minimum atomic E-state index is -3.36. The molecule has 3 aliphatic rings. The zero-order valence-electron chi connectivity index (χ0n) is 13.2. The summed E-state index contributed by atoms with van der Waals surface area (Å²) < 4.78 is 27.9. The maximum Gasteiger partial charge on any atom is 0.243 e. The number of aryl methyl sites for hydroxylation is 2. The van der Waals surface area contributed by atoms with Crippen molar-refractivity contribution in [3.63, 3.8) is 0 Å². The first kappa shape index (κ1) is 14.7. The Morgan fingerprint density at radius 2 is 1.91 bits per heavy atom. The second kappa shape index (κ2) is 5.32. The third-order valence-electron chi connectivity index (χ3n) is 5.56.